The van der Waals surface area contributed by atoms with Crippen LogP contribution >= 0.6 is 11.8 Å². The fourth-order valence-corrected chi connectivity index (χ4v) is 5.89. The Kier molecular flexibility index (Phi) is 7.58. The predicted octanol–water partition coefficient (Wildman–Crippen LogP) is 4.39. The highest BCUT2D eigenvalue weighted by molar-refractivity contribution is 7.98. The number of fused-ring (bicyclic) bond motifs is 1. The summed E-state index contributed by atoms with van der Waals surface area (Å²) in [5.74, 6) is 3.54. The van der Waals surface area contributed by atoms with Crippen LogP contribution in [0.4, 0.5) is 5.82 Å². The zero-order chi connectivity index (χ0) is 24.9. The van der Waals surface area contributed by atoms with Gasteiger partial charge in [-0.25, -0.2) is 4.98 Å². The van der Waals surface area contributed by atoms with Crippen LogP contribution < -0.4 is 16.8 Å². The lowest BCUT2D eigenvalue weighted by atomic mass is 9.81. The van der Waals surface area contributed by atoms with Gasteiger partial charge in [-0.2, -0.15) is 16.9 Å². The van der Waals surface area contributed by atoms with E-state index in [2.05, 4.69) is 44.8 Å². The third-order valence-corrected chi connectivity index (χ3v) is 8.19. The van der Waals surface area contributed by atoms with Crippen LogP contribution in [0.5, 0.6) is 0 Å². The van der Waals surface area contributed by atoms with Gasteiger partial charge in [0, 0.05) is 34.6 Å². The first-order chi connectivity index (χ1) is 17.6. The van der Waals surface area contributed by atoms with E-state index in [0.29, 0.717) is 18.3 Å². The number of H-pyrrole nitrogens is 2. The van der Waals surface area contributed by atoms with Crippen molar-refractivity contribution in [3.05, 3.63) is 66.1 Å². The van der Waals surface area contributed by atoms with E-state index in [1.807, 2.05) is 30.5 Å². The van der Waals surface area contributed by atoms with Crippen LogP contribution in [-0.4, -0.2) is 38.4 Å². The molecule has 0 aliphatic heterocycles. The highest BCUT2D eigenvalue weighted by atomic mass is 32.2. The summed E-state index contributed by atoms with van der Waals surface area (Å²) in [6.07, 6.45) is 5.73. The van der Waals surface area contributed by atoms with E-state index < -0.39 is 0 Å². The van der Waals surface area contributed by atoms with E-state index in [-0.39, 0.29) is 17.9 Å². The first-order valence-corrected chi connectivity index (χ1v) is 13.7. The molecule has 0 bridgehead atoms. The molecule has 1 unspecified atom stereocenters. The van der Waals surface area contributed by atoms with Crippen molar-refractivity contribution in [2.45, 2.75) is 37.5 Å². The van der Waals surface area contributed by atoms with Gasteiger partial charge in [-0.05, 0) is 55.8 Å². The van der Waals surface area contributed by atoms with Crippen LogP contribution in [-0.2, 0) is 10.5 Å². The van der Waals surface area contributed by atoms with Crippen molar-refractivity contribution in [3.63, 3.8) is 0 Å². The van der Waals surface area contributed by atoms with Gasteiger partial charge in [-0.1, -0.05) is 36.4 Å². The molecule has 1 aliphatic rings. The summed E-state index contributed by atoms with van der Waals surface area (Å²) >= 11 is 1.79. The van der Waals surface area contributed by atoms with Crippen molar-refractivity contribution in [2.75, 3.05) is 18.0 Å². The molecule has 4 aromatic rings. The molecule has 2 aromatic carbocycles. The summed E-state index contributed by atoms with van der Waals surface area (Å²) in [5, 5.41) is 11.2. The molecule has 2 heterocycles. The molecule has 1 aliphatic carbocycles. The number of nitrogens with zero attached hydrogens (tertiary/aromatic N) is 2. The molecule has 0 spiro atoms. The van der Waals surface area contributed by atoms with Gasteiger partial charge in [0.1, 0.15) is 5.82 Å². The maximum atomic E-state index is 13.2. The minimum absolute atomic E-state index is 0.0390. The third kappa shape index (κ3) is 5.57. The van der Waals surface area contributed by atoms with Crippen molar-refractivity contribution in [1.82, 2.24) is 25.5 Å². The number of nitrogens with two attached hydrogens (primary N) is 2. The molecule has 0 saturated heterocycles. The van der Waals surface area contributed by atoms with Gasteiger partial charge >= 0.3 is 0 Å². The Morgan fingerprint density at radius 2 is 1.94 bits per heavy atom. The van der Waals surface area contributed by atoms with Crippen LogP contribution in [0.25, 0.3) is 22.2 Å². The standard InChI is InChI=1S/C27H33N7OS/c28-13-17-6-8-19(9-7-17)27(35)32-24(16-36-15-18-4-2-1-3-5-18)26-30-14-23(31-26)20-10-11-21-22(12-20)33-34-25(21)29/h1-5,10-12,14,17,19,24H,6-9,13,15-16,28H2,(H,30,31)(H,32,35)(H3,29,33,34). The molecule has 8 nitrogen and oxygen atoms in total. The fraction of sp³-hybridized carbons (Fsp3) is 0.370. The van der Waals surface area contributed by atoms with Crippen molar-refractivity contribution in [2.24, 2.45) is 17.6 Å². The number of nitrogens with one attached hydrogen (secondary N) is 3. The second-order valence-electron chi connectivity index (χ2n) is 9.56. The minimum atomic E-state index is -0.210. The number of benzene rings is 2. The topological polar surface area (TPSA) is 138 Å². The Hall–Kier alpha value is -3.30. The van der Waals surface area contributed by atoms with E-state index >= 15 is 0 Å². The Morgan fingerprint density at radius 3 is 2.72 bits per heavy atom. The number of imidazole rings is 1. The molecule has 1 saturated carbocycles. The van der Waals surface area contributed by atoms with E-state index in [4.69, 9.17) is 16.5 Å². The molecule has 2 aromatic heterocycles. The number of aromatic amines is 2. The number of hydrogen-bond donors (Lipinski definition) is 5. The summed E-state index contributed by atoms with van der Waals surface area (Å²) in [6.45, 7) is 0.708. The van der Waals surface area contributed by atoms with Crippen molar-refractivity contribution in [1.29, 1.82) is 0 Å². The zero-order valence-corrected chi connectivity index (χ0v) is 21.1. The molecule has 5 rings (SSSR count). The number of anilines is 1. The lowest BCUT2D eigenvalue weighted by Crippen LogP contribution is -2.37. The Balaban J connectivity index is 1.31. The van der Waals surface area contributed by atoms with E-state index in [1.54, 1.807) is 11.8 Å². The smallest absolute Gasteiger partial charge is 0.223 e. The molecule has 36 heavy (non-hydrogen) atoms. The average Bonchev–Trinajstić information content (AvgIpc) is 3.56. The second-order valence-corrected chi connectivity index (χ2v) is 10.6. The van der Waals surface area contributed by atoms with Gasteiger partial charge in [0.25, 0.3) is 0 Å². The van der Waals surface area contributed by atoms with Crippen molar-refractivity contribution in [3.8, 4) is 11.3 Å². The molecule has 1 fully saturated rings. The van der Waals surface area contributed by atoms with Gasteiger partial charge in [0.2, 0.25) is 5.91 Å². The number of thioether (sulfide) groups is 1. The third-order valence-electron chi connectivity index (χ3n) is 7.08. The normalized spacial score (nSPS) is 18.8. The number of hydrogen-bond acceptors (Lipinski definition) is 6. The molecular weight excluding hydrogens is 470 g/mol. The molecular formula is C27H33N7OS. The van der Waals surface area contributed by atoms with E-state index in [1.165, 1.54) is 5.56 Å². The Labute approximate surface area is 215 Å². The van der Waals surface area contributed by atoms with Gasteiger partial charge in [-0.15, -0.1) is 0 Å². The lowest BCUT2D eigenvalue weighted by Gasteiger charge is -2.28. The van der Waals surface area contributed by atoms with Gasteiger partial charge in [0.05, 0.1) is 17.3 Å². The van der Waals surface area contributed by atoms with Crippen molar-refractivity contribution < 1.29 is 4.79 Å². The molecule has 9 heteroatoms. The number of rotatable bonds is 9. The quantitative estimate of drug-likeness (QED) is 0.230. The fourth-order valence-electron chi connectivity index (χ4n) is 4.87. The summed E-state index contributed by atoms with van der Waals surface area (Å²) in [7, 11) is 0. The molecule has 7 N–H and O–H groups in total. The van der Waals surface area contributed by atoms with Gasteiger partial charge in [0.15, 0.2) is 5.82 Å². The van der Waals surface area contributed by atoms with Crippen LogP contribution in [0.1, 0.15) is 43.1 Å². The SMILES string of the molecule is NCC1CCC(C(=O)NC(CSCc2ccccc2)c2nc(-c3ccc4c(N)n[nH]c4c3)c[nH]2)CC1. The van der Waals surface area contributed by atoms with E-state index in [9.17, 15) is 4.79 Å². The van der Waals surface area contributed by atoms with Gasteiger partial charge < -0.3 is 21.8 Å². The summed E-state index contributed by atoms with van der Waals surface area (Å²) in [5.41, 5.74) is 15.6. The Morgan fingerprint density at radius 1 is 1.14 bits per heavy atom. The lowest BCUT2D eigenvalue weighted by molar-refractivity contribution is -0.126. The summed E-state index contributed by atoms with van der Waals surface area (Å²) in [6, 6.07) is 16.1. The summed E-state index contributed by atoms with van der Waals surface area (Å²) < 4.78 is 0. The number of carbonyl (C=O) groups is 1. The number of carbonyl (C=O) groups excluding carboxylic acids is 1. The molecule has 0 radical (unpaired) electrons. The maximum absolute atomic E-state index is 13.2. The maximum Gasteiger partial charge on any atom is 0.223 e. The van der Waals surface area contributed by atoms with Crippen LogP contribution in [0.2, 0.25) is 0 Å². The highest BCUT2D eigenvalue weighted by Gasteiger charge is 2.28. The second kappa shape index (κ2) is 11.2. The van der Waals surface area contributed by atoms with Crippen LogP contribution in [0.15, 0.2) is 54.7 Å². The van der Waals surface area contributed by atoms with Crippen LogP contribution in [0, 0.1) is 11.8 Å². The monoisotopic (exact) mass is 503 g/mol. The number of aromatic nitrogens is 4. The Bertz CT molecular complexity index is 1290. The molecule has 1 amide bonds. The van der Waals surface area contributed by atoms with E-state index in [0.717, 1.165) is 65.2 Å². The first-order valence-electron chi connectivity index (χ1n) is 12.5. The van der Waals surface area contributed by atoms with Crippen LogP contribution in [0.3, 0.4) is 0 Å². The van der Waals surface area contributed by atoms with Gasteiger partial charge in [-0.3, -0.25) is 9.89 Å². The molecule has 1 atom stereocenters. The zero-order valence-electron chi connectivity index (χ0n) is 20.2. The first kappa shape index (κ1) is 24.4. The molecule has 188 valence electrons. The highest BCUT2D eigenvalue weighted by Crippen LogP contribution is 2.30. The summed E-state index contributed by atoms with van der Waals surface area (Å²) in [4.78, 5) is 21.4. The predicted molar refractivity (Wildman–Crippen MR) is 146 cm³/mol. The number of amides is 1. The largest absolute Gasteiger partial charge is 0.382 e. The average molecular weight is 504 g/mol. The number of nitrogen functional groups attached to an aromatic ring is 1. The van der Waals surface area contributed by atoms with Crippen molar-refractivity contribution >= 4 is 34.4 Å². The minimum Gasteiger partial charge on any atom is -0.382 e.